The molecule has 0 rings (SSSR count). The molecule has 0 aliphatic carbocycles. The fraction of sp³-hybridized carbons (Fsp3) is 0.846. The second kappa shape index (κ2) is 20.4. The largest absolute Gasteiger partial charge is 0.395 e. The van der Waals surface area contributed by atoms with Gasteiger partial charge in [-0.2, -0.15) is 0 Å². The second-order valence-corrected chi connectivity index (χ2v) is 2.97. The molecule has 17 heavy (non-hydrogen) atoms. The summed E-state index contributed by atoms with van der Waals surface area (Å²) in [6, 6.07) is 0. The number of carbonyl (C=O) groups excluding carboxylic acids is 1. The molecule has 0 radical (unpaired) electrons. The Morgan fingerprint density at radius 2 is 1.71 bits per heavy atom. The third kappa shape index (κ3) is 25.3. The number of nitrogens with one attached hydrogen (secondary N) is 1. The van der Waals surface area contributed by atoms with E-state index in [-0.39, 0.29) is 5.91 Å². The predicted octanol–water partition coefficient (Wildman–Crippen LogP) is 3.37. The maximum atomic E-state index is 11.0. The highest BCUT2D eigenvalue weighted by Crippen LogP contribution is 1.85. The van der Waals surface area contributed by atoms with Crippen molar-refractivity contribution < 1.29 is 9.63 Å². The highest BCUT2D eigenvalue weighted by Gasteiger charge is 1.98. The Hall–Kier alpha value is -1.06. The number of nitrogens with zero attached hydrogens (tertiary/aromatic N) is 1. The van der Waals surface area contributed by atoms with Gasteiger partial charge in [0.25, 0.3) is 0 Å². The quantitative estimate of drug-likeness (QED) is 0.444. The van der Waals surface area contributed by atoms with Gasteiger partial charge in [0, 0.05) is 6.54 Å². The van der Waals surface area contributed by atoms with Crippen molar-refractivity contribution in [1.82, 2.24) is 5.32 Å². The zero-order valence-electron chi connectivity index (χ0n) is 12.6. The van der Waals surface area contributed by atoms with Crippen LogP contribution in [-0.4, -0.2) is 24.8 Å². The van der Waals surface area contributed by atoms with E-state index in [0.717, 1.165) is 18.7 Å². The summed E-state index contributed by atoms with van der Waals surface area (Å²) in [7, 11) is 0. The van der Waals surface area contributed by atoms with Crippen LogP contribution in [0.4, 0.5) is 0 Å². The molecule has 0 spiro atoms. The van der Waals surface area contributed by atoms with E-state index in [1.807, 2.05) is 48.5 Å². The van der Waals surface area contributed by atoms with Gasteiger partial charge in [0.05, 0.1) is 12.1 Å². The fourth-order valence-corrected chi connectivity index (χ4v) is 0.666. The Labute approximate surface area is 107 Å². The molecule has 0 aliphatic heterocycles. The van der Waals surface area contributed by atoms with Gasteiger partial charge in [0.15, 0.2) is 0 Å². The summed E-state index contributed by atoms with van der Waals surface area (Å²) >= 11 is 0. The minimum absolute atomic E-state index is 0.0193. The summed E-state index contributed by atoms with van der Waals surface area (Å²) in [5.41, 5.74) is 0.856. The zero-order valence-corrected chi connectivity index (χ0v) is 12.6. The number of rotatable bonds is 6. The van der Waals surface area contributed by atoms with Crippen LogP contribution in [0.3, 0.4) is 0 Å². The molecule has 0 aromatic carbocycles. The van der Waals surface area contributed by atoms with Crippen LogP contribution < -0.4 is 5.32 Å². The van der Waals surface area contributed by atoms with Crippen LogP contribution in [-0.2, 0) is 9.63 Å². The molecule has 0 saturated heterocycles. The first-order valence-electron chi connectivity index (χ1n) is 6.56. The van der Waals surface area contributed by atoms with E-state index in [9.17, 15) is 4.79 Å². The third-order valence-electron chi connectivity index (χ3n) is 1.24. The molecule has 0 aromatic heterocycles. The summed E-state index contributed by atoms with van der Waals surface area (Å²) in [5, 5.41) is 6.47. The lowest BCUT2D eigenvalue weighted by Crippen LogP contribution is -2.24. The van der Waals surface area contributed by atoms with E-state index in [0.29, 0.717) is 13.0 Å². The van der Waals surface area contributed by atoms with Crippen molar-refractivity contribution in [2.75, 3.05) is 13.2 Å². The van der Waals surface area contributed by atoms with Crippen LogP contribution in [0.1, 0.15) is 61.3 Å². The standard InChI is InChI=1S/C9H18N2O2.2C2H6/c1-4-6-10-9(12)5-7-13-11-8(2)3;2*1-2/h4-7H2,1-3H3,(H,10,12);2*1-2H3. The molecular formula is C13H30N2O2. The fourth-order valence-electron chi connectivity index (χ4n) is 0.666. The maximum Gasteiger partial charge on any atom is 0.223 e. The molecule has 0 aliphatic rings. The van der Waals surface area contributed by atoms with Gasteiger partial charge in [-0.15, -0.1) is 0 Å². The van der Waals surface area contributed by atoms with Gasteiger partial charge in [-0.3, -0.25) is 4.79 Å². The summed E-state index contributed by atoms with van der Waals surface area (Å²) in [6.07, 6.45) is 1.33. The lowest BCUT2D eigenvalue weighted by Gasteiger charge is -2.02. The van der Waals surface area contributed by atoms with Crippen LogP contribution in [0.25, 0.3) is 0 Å². The SMILES string of the molecule is CC.CC.CCCNC(=O)CCON=C(C)C. The normalized spacial score (nSPS) is 7.71. The smallest absolute Gasteiger partial charge is 0.223 e. The topological polar surface area (TPSA) is 50.7 Å². The Kier molecular flexibility index (Phi) is 25.5. The van der Waals surface area contributed by atoms with Crippen molar-refractivity contribution in [3.05, 3.63) is 0 Å². The van der Waals surface area contributed by atoms with Crippen LogP contribution in [0.5, 0.6) is 0 Å². The van der Waals surface area contributed by atoms with Crippen molar-refractivity contribution in [2.24, 2.45) is 5.16 Å². The number of amides is 1. The van der Waals surface area contributed by atoms with Crippen molar-refractivity contribution >= 4 is 11.6 Å². The van der Waals surface area contributed by atoms with Gasteiger partial charge in [-0.25, -0.2) is 0 Å². The highest BCUT2D eigenvalue weighted by molar-refractivity contribution is 5.78. The van der Waals surface area contributed by atoms with E-state index in [1.165, 1.54) is 0 Å². The Morgan fingerprint density at radius 3 is 2.12 bits per heavy atom. The van der Waals surface area contributed by atoms with Gasteiger partial charge in [-0.05, 0) is 20.3 Å². The Morgan fingerprint density at radius 1 is 1.18 bits per heavy atom. The van der Waals surface area contributed by atoms with E-state index in [4.69, 9.17) is 4.84 Å². The van der Waals surface area contributed by atoms with Crippen LogP contribution in [0.15, 0.2) is 5.16 Å². The van der Waals surface area contributed by atoms with E-state index in [2.05, 4.69) is 10.5 Å². The monoisotopic (exact) mass is 246 g/mol. The Bertz CT molecular complexity index is 176. The van der Waals surface area contributed by atoms with E-state index < -0.39 is 0 Å². The van der Waals surface area contributed by atoms with E-state index >= 15 is 0 Å². The third-order valence-corrected chi connectivity index (χ3v) is 1.24. The number of carbonyl (C=O) groups is 1. The average Bonchev–Trinajstić information content (AvgIpc) is 2.37. The van der Waals surface area contributed by atoms with Gasteiger partial charge >= 0.3 is 0 Å². The summed E-state index contributed by atoms with van der Waals surface area (Å²) in [4.78, 5) is 15.9. The number of hydrogen-bond donors (Lipinski definition) is 1. The van der Waals surface area contributed by atoms with Crippen molar-refractivity contribution in [1.29, 1.82) is 0 Å². The van der Waals surface area contributed by atoms with Gasteiger partial charge < -0.3 is 10.2 Å². The average molecular weight is 246 g/mol. The molecule has 0 heterocycles. The molecular weight excluding hydrogens is 216 g/mol. The number of oxime groups is 1. The molecule has 0 saturated carbocycles. The van der Waals surface area contributed by atoms with Crippen LogP contribution in [0.2, 0.25) is 0 Å². The predicted molar refractivity (Wildman–Crippen MR) is 75.3 cm³/mol. The minimum Gasteiger partial charge on any atom is -0.395 e. The van der Waals surface area contributed by atoms with Crippen molar-refractivity contribution in [2.45, 2.75) is 61.3 Å². The van der Waals surface area contributed by atoms with Crippen LogP contribution in [0, 0.1) is 0 Å². The highest BCUT2D eigenvalue weighted by atomic mass is 16.6. The first kappa shape index (κ1) is 21.2. The van der Waals surface area contributed by atoms with Crippen LogP contribution >= 0.6 is 0 Å². The molecule has 0 unspecified atom stereocenters. The minimum atomic E-state index is 0.0193. The molecule has 4 nitrogen and oxygen atoms in total. The first-order chi connectivity index (χ1) is 8.16. The molecule has 0 aromatic rings. The molecule has 0 bridgehead atoms. The Balaban J connectivity index is -0.000000439. The van der Waals surface area contributed by atoms with Gasteiger partial charge in [-0.1, -0.05) is 39.8 Å². The molecule has 104 valence electrons. The summed E-state index contributed by atoms with van der Waals surface area (Å²) < 4.78 is 0. The lowest BCUT2D eigenvalue weighted by molar-refractivity contribution is -0.122. The van der Waals surface area contributed by atoms with Crippen molar-refractivity contribution in [3.8, 4) is 0 Å². The molecule has 0 atom stereocenters. The second-order valence-electron chi connectivity index (χ2n) is 2.97. The summed E-state index contributed by atoms with van der Waals surface area (Å²) in [6.45, 7) is 14.8. The molecule has 4 heteroatoms. The summed E-state index contributed by atoms with van der Waals surface area (Å²) in [5.74, 6) is 0.0193. The van der Waals surface area contributed by atoms with Gasteiger partial charge in [0.2, 0.25) is 5.91 Å². The maximum absolute atomic E-state index is 11.0. The lowest BCUT2D eigenvalue weighted by atomic mass is 10.4. The van der Waals surface area contributed by atoms with Gasteiger partial charge in [0.1, 0.15) is 6.61 Å². The molecule has 1 N–H and O–H groups in total. The zero-order chi connectivity index (χ0) is 14.1. The van der Waals surface area contributed by atoms with E-state index in [1.54, 1.807) is 0 Å². The number of hydrogen-bond acceptors (Lipinski definition) is 3. The first-order valence-corrected chi connectivity index (χ1v) is 6.56. The molecule has 0 fully saturated rings. The molecule has 1 amide bonds. The van der Waals surface area contributed by atoms with Crippen molar-refractivity contribution in [3.63, 3.8) is 0 Å².